The van der Waals surface area contributed by atoms with Crippen molar-refractivity contribution in [2.24, 2.45) is 5.10 Å². The van der Waals surface area contributed by atoms with Gasteiger partial charge in [0.05, 0.1) is 16.8 Å². The number of aryl methyl sites for hydroxylation is 1. The summed E-state index contributed by atoms with van der Waals surface area (Å²) in [6.45, 7) is 1.92. The number of rotatable bonds is 3. The summed E-state index contributed by atoms with van der Waals surface area (Å²) in [6.07, 6.45) is 1.57. The summed E-state index contributed by atoms with van der Waals surface area (Å²) in [5.74, 6) is -0.332. The number of hydrogen-bond donors (Lipinski definition) is 1. The Morgan fingerprint density at radius 3 is 2.80 bits per heavy atom. The Labute approximate surface area is 130 Å². The molecular weight excluding hydrogens is 340 g/mol. The Morgan fingerprint density at radius 1 is 1.30 bits per heavy atom. The lowest BCUT2D eigenvalue weighted by Crippen LogP contribution is -2.18. The van der Waals surface area contributed by atoms with Crippen molar-refractivity contribution in [2.45, 2.75) is 6.92 Å². The number of benzene rings is 2. The van der Waals surface area contributed by atoms with Crippen LogP contribution in [-0.2, 0) is 0 Å². The molecule has 2 aromatic rings. The maximum atomic E-state index is 11.9. The first-order valence-corrected chi connectivity index (χ1v) is 7.08. The van der Waals surface area contributed by atoms with Gasteiger partial charge in [0, 0.05) is 4.47 Å². The minimum absolute atomic E-state index is 0.332. The topological polar surface area (TPSA) is 41.5 Å². The van der Waals surface area contributed by atoms with Crippen molar-refractivity contribution in [3.8, 4) is 0 Å². The molecule has 5 heteroatoms. The van der Waals surface area contributed by atoms with Crippen LogP contribution >= 0.6 is 27.5 Å². The van der Waals surface area contributed by atoms with Crippen LogP contribution in [0.1, 0.15) is 21.5 Å². The van der Waals surface area contributed by atoms with Crippen LogP contribution < -0.4 is 5.43 Å². The standard InChI is InChI=1S/C15H12BrClN2O/c1-10-5-6-13(14(17)7-10)15(20)19-18-9-11-3-2-4-12(16)8-11/h2-9H,1H3,(H,19,20). The highest BCUT2D eigenvalue weighted by molar-refractivity contribution is 9.10. The number of nitrogens with one attached hydrogen (secondary N) is 1. The van der Waals surface area contributed by atoms with Gasteiger partial charge in [0.15, 0.2) is 0 Å². The minimum atomic E-state index is -0.332. The molecule has 0 aliphatic rings. The van der Waals surface area contributed by atoms with Crippen LogP contribution in [0.5, 0.6) is 0 Å². The number of hydrazone groups is 1. The molecule has 0 aliphatic carbocycles. The Hall–Kier alpha value is -1.65. The molecule has 0 bridgehead atoms. The molecule has 0 aromatic heterocycles. The van der Waals surface area contributed by atoms with Gasteiger partial charge in [-0.15, -0.1) is 0 Å². The molecule has 1 N–H and O–H groups in total. The van der Waals surface area contributed by atoms with Crippen molar-refractivity contribution in [1.82, 2.24) is 5.43 Å². The molecule has 2 rings (SSSR count). The first-order valence-electron chi connectivity index (χ1n) is 5.91. The molecular formula is C15H12BrClN2O. The van der Waals surface area contributed by atoms with Crippen LogP contribution in [0.2, 0.25) is 5.02 Å². The fraction of sp³-hybridized carbons (Fsp3) is 0.0667. The molecule has 0 saturated heterocycles. The molecule has 1 amide bonds. The van der Waals surface area contributed by atoms with Crippen LogP contribution in [0.25, 0.3) is 0 Å². The molecule has 20 heavy (non-hydrogen) atoms. The summed E-state index contributed by atoms with van der Waals surface area (Å²) >= 11 is 9.39. The lowest BCUT2D eigenvalue weighted by atomic mass is 10.1. The van der Waals surface area contributed by atoms with Gasteiger partial charge in [-0.2, -0.15) is 5.10 Å². The summed E-state index contributed by atoms with van der Waals surface area (Å²) in [5.41, 5.74) is 4.75. The van der Waals surface area contributed by atoms with Gasteiger partial charge in [0.1, 0.15) is 0 Å². The fourth-order valence-electron chi connectivity index (χ4n) is 1.62. The van der Waals surface area contributed by atoms with E-state index >= 15 is 0 Å². The van der Waals surface area contributed by atoms with Gasteiger partial charge in [0.25, 0.3) is 5.91 Å². The number of carbonyl (C=O) groups is 1. The van der Waals surface area contributed by atoms with Gasteiger partial charge in [-0.3, -0.25) is 4.79 Å². The Kier molecular flexibility index (Phi) is 4.93. The number of halogens is 2. The van der Waals surface area contributed by atoms with E-state index < -0.39 is 0 Å². The third-order valence-electron chi connectivity index (χ3n) is 2.60. The molecule has 0 heterocycles. The summed E-state index contributed by atoms with van der Waals surface area (Å²) in [6, 6.07) is 12.9. The number of hydrogen-bond acceptors (Lipinski definition) is 2. The molecule has 0 aliphatic heterocycles. The predicted octanol–water partition coefficient (Wildman–Crippen LogP) is 4.17. The highest BCUT2D eigenvalue weighted by atomic mass is 79.9. The van der Waals surface area contributed by atoms with E-state index in [0.29, 0.717) is 10.6 Å². The third-order valence-corrected chi connectivity index (χ3v) is 3.40. The molecule has 3 nitrogen and oxygen atoms in total. The van der Waals surface area contributed by atoms with Crippen LogP contribution in [0.4, 0.5) is 0 Å². The van der Waals surface area contributed by atoms with E-state index in [0.717, 1.165) is 15.6 Å². The van der Waals surface area contributed by atoms with Crippen molar-refractivity contribution in [3.05, 3.63) is 68.7 Å². The van der Waals surface area contributed by atoms with Gasteiger partial charge in [0.2, 0.25) is 0 Å². The van der Waals surface area contributed by atoms with Crippen LogP contribution in [0.3, 0.4) is 0 Å². The zero-order valence-electron chi connectivity index (χ0n) is 10.7. The third kappa shape index (κ3) is 3.92. The largest absolute Gasteiger partial charge is 0.272 e. The first kappa shape index (κ1) is 14.8. The predicted molar refractivity (Wildman–Crippen MR) is 85.4 cm³/mol. The summed E-state index contributed by atoms with van der Waals surface area (Å²) < 4.78 is 0.953. The van der Waals surface area contributed by atoms with Crippen molar-refractivity contribution >= 4 is 39.7 Å². The van der Waals surface area contributed by atoms with E-state index in [2.05, 4.69) is 26.5 Å². The van der Waals surface area contributed by atoms with Crippen molar-refractivity contribution in [3.63, 3.8) is 0 Å². The van der Waals surface area contributed by atoms with E-state index in [-0.39, 0.29) is 5.91 Å². The van der Waals surface area contributed by atoms with Crippen LogP contribution in [0.15, 0.2) is 52.0 Å². The summed E-state index contributed by atoms with van der Waals surface area (Å²) in [7, 11) is 0. The van der Waals surface area contributed by atoms with Gasteiger partial charge in [-0.25, -0.2) is 5.43 Å². The zero-order chi connectivity index (χ0) is 14.5. The Bertz CT molecular complexity index is 671. The monoisotopic (exact) mass is 350 g/mol. The van der Waals surface area contributed by atoms with E-state index in [4.69, 9.17) is 11.6 Å². The molecule has 0 spiro atoms. The average molecular weight is 352 g/mol. The Morgan fingerprint density at radius 2 is 2.10 bits per heavy atom. The SMILES string of the molecule is Cc1ccc(C(=O)NN=Cc2cccc(Br)c2)c(Cl)c1. The van der Waals surface area contributed by atoms with Crippen molar-refractivity contribution in [2.75, 3.05) is 0 Å². The second kappa shape index (κ2) is 6.68. The number of nitrogens with zero attached hydrogens (tertiary/aromatic N) is 1. The lowest BCUT2D eigenvalue weighted by Gasteiger charge is -2.03. The molecule has 0 atom stereocenters. The highest BCUT2D eigenvalue weighted by Gasteiger charge is 2.08. The molecule has 0 unspecified atom stereocenters. The van der Waals surface area contributed by atoms with Crippen molar-refractivity contribution in [1.29, 1.82) is 0 Å². The summed E-state index contributed by atoms with van der Waals surface area (Å²) in [4.78, 5) is 11.9. The van der Waals surface area contributed by atoms with Gasteiger partial charge < -0.3 is 0 Å². The maximum absolute atomic E-state index is 11.9. The quantitative estimate of drug-likeness (QED) is 0.654. The normalized spacial score (nSPS) is 10.8. The minimum Gasteiger partial charge on any atom is -0.267 e. The second-order valence-electron chi connectivity index (χ2n) is 4.24. The smallest absolute Gasteiger partial charge is 0.267 e. The van der Waals surface area contributed by atoms with E-state index in [1.807, 2.05) is 37.3 Å². The van der Waals surface area contributed by atoms with E-state index in [1.54, 1.807) is 18.3 Å². The average Bonchev–Trinajstić information content (AvgIpc) is 2.38. The second-order valence-corrected chi connectivity index (χ2v) is 5.56. The number of carbonyl (C=O) groups excluding carboxylic acids is 1. The molecule has 0 saturated carbocycles. The molecule has 0 fully saturated rings. The highest BCUT2D eigenvalue weighted by Crippen LogP contribution is 2.17. The van der Waals surface area contributed by atoms with Gasteiger partial charge in [-0.1, -0.05) is 45.7 Å². The van der Waals surface area contributed by atoms with E-state index in [1.165, 1.54) is 0 Å². The molecule has 0 radical (unpaired) electrons. The number of amides is 1. The first-order chi connectivity index (χ1) is 9.56. The zero-order valence-corrected chi connectivity index (χ0v) is 13.1. The van der Waals surface area contributed by atoms with Crippen molar-refractivity contribution < 1.29 is 4.79 Å². The molecule has 2 aromatic carbocycles. The maximum Gasteiger partial charge on any atom is 0.272 e. The van der Waals surface area contributed by atoms with Crippen LogP contribution in [0, 0.1) is 6.92 Å². The summed E-state index contributed by atoms with van der Waals surface area (Å²) in [5, 5.41) is 4.34. The van der Waals surface area contributed by atoms with Gasteiger partial charge in [-0.05, 0) is 42.3 Å². The Balaban J connectivity index is 2.05. The van der Waals surface area contributed by atoms with E-state index in [9.17, 15) is 4.79 Å². The lowest BCUT2D eigenvalue weighted by molar-refractivity contribution is 0.0955. The van der Waals surface area contributed by atoms with Gasteiger partial charge >= 0.3 is 0 Å². The van der Waals surface area contributed by atoms with Crippen LogP contribution in [-0.4, -0.2) is 12.1 Å². The fourth-order valence-corrected chi connectivity index (χ4v) is 2.35. The molecule has 102 valence electrons.